The zero-order valence-electron chi connectivity index (χ0n) is 15.0. The van der Waals surface area contributed by atoms with Crippen LogP contribution in [0.4, 0.5) is 0 Å². The van der Waals surface area contributed by atoms with Crippen LogP contribution < -0.4 is 4.74 Å². The quantitative estimate of drug-likeness (QED) is 0.405. The Kier molecular flexibility index (Phi) is 4.68. The molecule has 2 aromatic carbocycles. The fourth-order valence-electron chi connectivity index (χ4n) is 3.16. The highest BCUT2D eigenvalue weighted by Crippen LogP contribution is 2.28. The summed E-state index contributed by atoms with van der Waals surface area (Å²) in [4.78, 5) is 16.2. The van der Waals surface area contributed by atoms with Crippen LogP contribution in [0.15, 0.2) is 60.0 Å². The van der Waals surface area contributed by atoms with E-state index in [2.05, 4.69) is 15.2 Å². The van der Waals surface area contributed by atoms with Crippen molar-refractivity contribution in [3.63, 3.8) is 0 Å². The molecule has 0 aliphatic rings. The minimum absolute atomic E-state index is 0.0597. The minimum Gasteiger partial charge on any atom is -0.495 e. The Labute approximate surface area is 160 Å². The first kappa shape index (κ1) is 17.4. The molecule has 0 fully saturated rings. The van der Waals surface area contributed by atoms with Gasteiger partial charge < -0.3 is 9.72 Å². The fourth-order valence-corrected chi connectivity index (χ4v) is 3.95. The van der Waals surface area contributed by atoms with Gasteiger partial charge in [-0.1, -0.05) is 42.1 Å². The number of H-pyrrole nitrogens is 1. The first-order chi connectivity index (χ1) is 13.2. The van der Waals surface area contributed by atoms with Gasteiger partial charge in [-0.05, 0) is 25.1 Å². The second-order valence-electron chi connectivity index (χ2n) is 6.04. The zero-order valence-corrected chi connectivity index (χ0v) is 15.8. The number of methoxy groups -OCH3 is 1. The molecule has 0 saturated carbocycles. The van der Waals surface area contributed by atoms with Crippen LogP contribution in [0.5, 0.6) is 5.75 Å². The number of ether oxygens (including phenoxy) is 1. The average molecular weight is 378 g/mol. The van der Waals surface area contributed by atoms with E-state index in [4.69, 9.17) is 4.74 Å². The smallest absolute Gasteiger partial charge is 0.196 e. The molecule has 7 heteroatoms. The van der Waals surface area contributed by atoms with Gasteiger partial charge in [0.05, 0.1) is 18.6 Å². The summed E-state index contributed by atoms with van der Waals surface area (Å²) in [5.74, 6) is 1.05. The second-order valence-corrected chi connectivity index (χ2v) is 6.98. The number of Topliss-reactive ketones (excluding diaryl/α,β-unsaturated/α-hetero) is 1. The molecule has 2 aromatic heterocycles. The molecule has 27 heavy (non-hydrogen) atoms. The lowest BCUT2D eigenvalue weighted by Crippen LogP contribution is -2.05. The monoisotopic (exact) mass is 378 g/mol. The van der Waals surface area contributed by atoms with Gasteiger partial charge in [-0.15, -0.1) is 10.2 Å². The van der Waals surface area contributed by atoms with E-state index in [9.17, 15) is 4.79 Å². The Morgan fingerprint density at radius 1 is 1.19 bits per heavy atom. The van der Waals surface area contributed by atoms with Crippen LogP contribution in [0, 0.1) is 6.92 Å². The summed E-state index contributed by atoms with van der Waals surface area (Å²) in [5.41, 5.74) is 3.43. The number of rotatable bonds is 6. The molecular formula is C20H18N4O2S. The number of aromatic nitrogens is 4. The van der Waals surface area contributed by atoms with E-state index in [-0.39, 0.29) is 11.5 Å². The Balaban J connectivity index is 1.59. The molecule has 0 spiro atoms. The van der Waals surface area contributed by atoms with Crippen molar-refractivity contribution in [1.82, 2.24) is 19.7 Å². The number of nitrogens with one attached hydrogen (secondary N) is 1. The highest BCUT2D eigenvalue weighted by atomic mass is 32.2. The summed E-state index contributed by atoms with van der Waals surface area (Å²) in [5, 5.41) is 9.76. The first-order valence-corrected chi connectivity index (χ1v) is 9.44. The number of benzene rings is 2. The molecule has 4 aromatic rings. The molecule has 0 radical (unpaired) electrons. The number of ketones is 1. The van der Waals surface area contributed by atoms with Crippen molar-refractivity contribution in [2.45, 2.75) is 12.1 Å². The number of hydrogen-bond donors (Lipinski definition) is 1. The molecule has 0 aliphatic carbocycles. The second kappa shape index (κ2) is 7.28. The number of aryl methyl sites for hydroxylation is 1. The van der Waals surface area contributed by atoms with Crippen LogP contribution in [0.2, 0.25) is 0 Å². The lowest BCUT2D eigenvalue weighted by Gasteiger charge is -2.10. The van der Waals surface area contributed by atoms with Crippen molar-refractivity contribution in [3.05, 3.63) is 66.1 Å². The molecule has 6 nitrogen and oxygen atoms in total. The number of aromatic amines is 1. The first-order valence-electron chi connectivity index (χ1n) is 8.45. The van der Waals surface area contributed by atoms with E-state index < -0.39 is 0 Å². The minimum atomic E-state index is 0.0597. The number of para-hydroxylation sites is 3. The Morgan fingerprint density at radius 2 is 1.96 bits per heavy atom. The molecule has 1 N–H and O–H groups in total. The number of carbonyl (C=O) groups is 1. The van der Waals surface area contributed by atoms with Crippen molar-refractivity contribution < 1.29 is 9.53 Å². The number of hydrogen-bond acceptors (Lipinski definition) is 5. The van der Waals surface area contributed by atoms with Gasteiger partial charge in [0, 0.05) is 22.2 Å². The van der Waals surface area contributed by atoms with E-state index in [0.29, 0.717) is 5.16 Å². The number of fused-ring (bicyclic) bond motifs is 1. The normalized spacial score (nSPS) is 11.0. The predicted molar refractivity (Wildman–Crippen MR) is 106 cm³/mol. The molecule has 0 bridgehead atoms. The summed E-state index contributed by atoms with van der Waals surface area (Å²) in [6.45, 7) is 1.93. The molecule has 0 aliphatic heterocycles. The standard InChI is InChI=1S/C20H18N4O2S/c1-13-19(14-7-3-4-8-15(14)22-13)17(25)11-27-20-23-21-12-24(20)16-9-5-6-10-18(16)26-2/h3-10,12,22H,11H2,1-2H3. The molecule has 0 amide bonds. The van der Waals surface area contributed by atoms with E-state index in [1.807, 2.05) is 60.0 Å². The molecule has 0 unspecified atom stereocenters. The van der Waals surface area contributed by atoms with E-state index in [1.54, 1.807) is 13.4 Å². The van der Waals surface area contributed by atoms with E-state index in [1.165, 1.54) is 11.8 Å². The van der Waals surface area contributed by atoms with Crippen LogP contribution in [-0.2, 0) is 0 Å². The third-order valence-electron chi connectivity index (χ3n) is 4.37. The molecular weight excluding hydrogens is 360 g/mol. The molecule has 2 heterocycles. The third kappa shape index (κ3) is 3.21. The Hall–Kier alpha value is -3.06. The van der Waals surface area contributed by atoms with Crippen LogP contribution in [0.3, 0.4) is 0 Å². The van der Waals surface area contributed by atoms with Crippen molar-refractivity contribution in [2.24, 2.45) is 0 Å². The SMILES string of the molecule is COc1ccccc1-n1cnnc1SCC(=O)c1c(C)[nH]c2ccccc12. The third-order valence-corrected chi connectivity index (χ3v) is 5.31. The van der Waals surface area contributed by atoms with Crippen LogP contribution in [-0.4, -0.2) is 38.4 Å². The molecule has 136 valence electrons. The zero-order chi connectivity index (χ0) is 18.8. The fraction of sp³-hybridized carbons (Fsp3) is 0.150. The average Bonchev–Trinajstić information content (AvgIpc) is 3.29. The van der Waals surface area contributed by atoms with Gasteiger partial charge >= 0.3 is 0 Å². The van der Waals surface area contributed by atoms with Crippen molar-refractivity contribution in [1.29, 1.82) is 0 Å². The van der Waals surface area contributed by atoms with Crippen LogP contribution >= 0.6 is 11.8 Å². The Bertz CT molecular complexity index is 1120. The van der Waals surface area contributed by atoms with Gasteiger partial charge in [0.15, 0.2) is 10.9 Å². The van der Waals surface area contributed by atoms with Gasteiger partial charge in [0.25, 0.3) is 0 Å². The topological polar surface area (TPSA) is 72.8 Å². The Morgan fingerprint density at radius 3 is 2.81 bits per heavy atom. The van der Waals surface area contributed by atoms with Crippen molar-refractivity contribution in [3.8, 4) is 11.4 Å². The van der Waals surface area contributed by atoms with Gasteiger partial charge in [-0.25, -0.2) is 0 Å². The molecule has 4 rings (SSSR count). The number of carbonyl (C=O) groups excluding carboxylic acids is 1. The predicted octanol–water partition coefficient (Wildman–Crippen LogP) is 4.04. The van der Waals surface area contributed by atoms with Gasteiger partial charge in [-0.2, -0.15) is 0 Å². The molecule has 0 atom stereocenters. The maximum absolute atomic E-state index is 12.9. The lowest BCUT2D eigenvalue weighted by atomic mass is 10.1. The van der Waals surface area contributed by atoms with E-state index >= 15 is 0 Å². The van der Waals surface area contributed by atoms with Crippen LogP contribution in [0.25, 0.3) is 16.6 Å². The lowest BCUT2D eigenvalue weighted by molar-refractivity contribution is 0.102. The highest BCUT2D eigenvalue weighted by molar-refractivity contribution is 7.99. The van der Waals surface area contributed by atoms with Gasteiger partial charge in [-0.3, -0.25) is 9.36 Å². The summed E-state index contributed by atoms with van der Waals surface area (Å²) in [7, 11) is 1.62. The summed E-state index contributed by atoms with van der Waals surface area (Å²) in [6.07, 6.45) is 1.63. The summed E-state index contributed by atoms with van der Waals surface area (Å²) in [6, 6.07) is 15.5. The largest absolute Gasteiger partial charge is 0.495 e. The van der Waals surface area contributed by atoms with Gasteiger partial charge in [0.1, 0.15) is 12.1 Å². The van der Waals surface area contributed by atoms with Crippen molar-refractivity contribution >= 4 is 28.4 Å². The van der Waals surface area contributed by atoms with Crippen LogP contribution in [0.1, 0.15) is 16.1 Å². The maximum Gasteiger partial charge on any atom is 0.196 e. The molecule has 0 saturated heterocycles. The number of thioether (sulfide) groups is 1. The summed E-state index contributed by atoms with van der Waals surface area (Å²) < 4.78 is 7.25. The van der Waals surface area contributed by atoms with Crippen molar-refractivity contribution in [2.75, 3.05) is 12.9 Å². The highest BCUT2D eigenvalue weighted by Gasteiger charge is 2.18. The summed E-state index contributed by atoms with van der Waals surface area (Å²) >= 11 is 1.36. The van der Waals surface area contributed by atoms with Gasteiger partial charge in [0.2, 0.25) is 0 Å². The maximum atomic E-state index is 12.9. The number of nitrogens with zero attached hydrogens (tertiary/aromatic N) is 3. The van der Waals surface area contributed by atoms with E-state index in [0.717, 1.165) is 33.6 Å².